The topological polar surface area (TPSA) is 65.1 Å². The van der Waals surface area contributed by atoms with Crippen LogP contribution in [0.5, 0.6) is 0 Å². The van der Waals surface area contributed by atoms with Crippen molar-refractivity contribution in [3.63, 3.8) is 0 Å². The maximum absolute atomic E-state index is 11.3. The molecule has 5 heteroatoms. The van der Waals surface area contributed by atoms with Gasteiger partial charge in [0.15, 0.2) is 6.29 Å². The van der Waals surface area contributed by atoms with Crippen molar-refractivity contribution in [2.75, 3.05) is 0 Å². The zero-order chi connectivity index (χ0) is 15.0. The number of benzene rings is 2. The minimum Gasteiger partial charge on any atom is -0.306 e. The van der Waals surface area contributed by atoms with E-state index in [1.807, 2.05) is 34.9 Å². The van der Waals surface area contributed by atoms with Gasteiger partial charge in [-0.2, -0.15) is 0 Å². The summed E-state index contributed by atoms with van der Waals surface area (Å²) in [5, 5.41) is 11.8. The summed E-state index contributed by atoms with van der Waals surface area (Å²) in [6, 6.07) is 14.1. The Morgan fingerprint density at radius 3 is 2.57 bits per heavy atom. The van der Waals surface area contributed by atoms with Gasteiger partial charge in [-0.3, -0.25) is 14.9 Å². The van der Waals surface area contributed by atoms with Gasteiger partial charge in [0, 0.05) is 23.2 Å². The van der Waals surface area contributed by atoms with Crippen molar-refractivity contribution in [2.24, 2.45) is 0 Å². The molecule has 3 aromatic rings. The van der Waals surface area contributed by atoms with Gasteiger partial charge in [0.25, 0.3) is 5.69 Å². The molecule has 0 aliphatic rings. The van der Waals surface area contributed by atoms with E-state index in [0.717, 1.165) is 28.4 Å². The highest BCUT2D eigenvalue weighted by Crippen LogP contribution is 2.27. The lowest BCUT2D eigenvalue weighted by Crippen LogP contribution is -2.02. The number of para-hydroxylation sites is 1. The van der Waals surface area contributed by atoms with E-state index >= 15 is 0 Å². The first-order chi connectivity index (χ1) is 10.1. The van der Waals surface area contributed by atoms with Crippen LogP contribution in [0, 0.1) is 17.0 Å². The second-order valence-electron chi connectivity index (χ2n) is 4.81. The van der Waals surface area contributed by atoms with Gasteiger partial charge in [0.1, 0.15) is 0 Å². The Morgan fingerprint density at radius 2 is 1.90 bits per heavy atom. The molecule has 104 valence electrons. The highest BCUT2D eigenvalue weighted by Gasteiger charge is 2.14. The van der Waals surface area contributed by atoms with Crippen molar-refractivity contribution >= 4 is 22.9 Å². The third-order valence-corrected chi connectivity index (χ3v) is 3.49. The van der Waals surface area contributed by atoms with E-state index in [-0.39, 0.29) is 5.69 Å². The minimum atomic E-state index is -0.425. The third-order valence-electron chi connectivity index (χ3n) is 3.49. The fraction of sp³-hybridized carbons (Fsp3) is 0.0625. The number of carbonyl (C=O) groups excluding carboxylic acids is 1. The van der Waals surface area contributed by atoms with Gasteiger partial charge >= 0.3 is 0 Å². The highest BCUT2D eigenvalue weighted by molar-refractivity contribution is 5.91. The Balaban J connectivity index is 2.29. The summed E-state index contributed by atoms with van der Waals surface area (Å²) >= 11 is 0. The summed E-state index contributed by atoms with van der Waals surface area (Å²) in [7, 11) is 0. The fourth-order valence-electron chi connectivity index (χ4n) is 2.54. The van der Waals surface area contributed by atoms with Crippen LogP contribution in [0.25, 0.3) is 16.6 Å². The molecule has 5 nitrogen and oxygen atoms in total. The molecule has 0 aliphatic heterocycles. The summed E-state index contributed by atoms with van der Waals surface area (Å²) in [4.78, 5) is 21.7. The van der Waals surface area contributed by atoms with Gasteiger partial charge in [-0.1, -0.05) is 18.2 Å². The summed E-state index contributed by atoms with van der Waals surface area (Å²) in [5.74, 6) is 0. The largest absolute Gasteiger partial charge is 0.306 e. The Morgan fingerprint density at radius 1 is 1.14 bits per heavy atom. The summed E-state index contributed by atoms with van der Waals surface area (Å²) < 4.78 is 1.82. The number of aryl methyl sites for hydroxylation is 1. The molecular weight excluding hydrogens is 268 g/mol. The maximum Gasteiger partial charge on any atom is 0.269 e. The number of nitrogens with zero attached hydrogens (tertiary/aromatic N) is 2. The van der Waals surface area contributed by atoms with Crippen LogP contribution in [0.1, 0.15) is 16.1 Å². The molecule has 0 saturated heterocycles. The Kier molecular flexibility index (Phi) is 3.02. The van der Waals surface area contributed by atoms with Gasteiger partial charge in [-0.25, -0.2) is 0 Å². The number of fused-ring (bicyclic) bond motifs is 1. The summed E-state index contributed by atoms with van der Waals surface area (Å²) in [6.07, 6.45) is 0.793. The number of nitro benzene ring substituents is 1. The van der Waals surface area contributed by atoms with E-state index < -0.39 is 4.92 Å². The van der Waals surface area contributed by atoms with Crippen molar-refractivity contribution in [1.29, 1.82) is 0 Å². The SMILES string of the molecule is Cc1cc([N+](=O)[O-])ccc1-n1c(C=O)cc2ccccc21. The molecule has 0 spiro atoms. The highest BCUT2D eigenvalue weighted by atomic mass is 16.6. The predicted octanol–water partition coefficient (Wildman–Crippen LogP) is 3.66. The molecule has 2 aromatic carbocycles. The standard InChI is InChI=1S/C16H12N2O3/c1-11-8-13(18(20)21)6-7-15(11)17-14(10-19)9-12-4-2-3-5-16(12)17/h2-10H,1H3. The molecule has 21 heavy (non-hydrogen) atoms. The number of rotatable bonds is 3. The molecule has 0 aliphatic carbocycles. The van der Waals surface area contributed by atoms with E-state index in [2.05, 4.69) is 0 Å². The number of hydrogen-bond acceptors (Lipinski definition) is 3. The number of aldehydes is 1. The van der Waals surface area contributed by atoms with E-state index in [1.54, 1.807) is 13.0 Å². The molecule has 0 bridgehead atoms. The predicted molar refractivity (Wildman–Crippen MR) is 80.1 cm³/mol. The number of non-ortho nitro benzene ring substituents is 1. The zero-order valence-electron chi connectivity index (χ0n) is 11.3. The van der Waals surface area contributed by atoms with Crippen molar-refractivity contribution in [2.45, 2.75) is 6.92 Å². The van der Waals surface area contributed by atoms with Gasteiger partial charge in [0.2, 0.25) is 0 Å². The summed E-state index contributed by atoms with van der Waals surface area (Å²) in [5.41, 5.74) is 2.97. The maximum atomic E-state index is 11.3. The second kappa shape index (κ2) is 4.86. The number of hydrogen-bond donors (Lipinski definition) is 0. The molecule has 0 fully saturated rings. The number of nitro groups is 1. The van der Waals surface area contributed by atoms with Crippen LogP contribution in [0.2, 0.25) is 0 Å². The van der Waals surface area contributed by atoms with E-state index in [1.165, 1.54) is 12.1 Å². The smallest absolute Gasteiger partial charge is 0.269 e. The van der Waals surface area contributed by atoms with Crippen molar-refractivity contribution < 1.29 is 9.72 Å². The van der Waals surface area contributed by atoms with Crippen LogP contribution in [-0.2, 0) is 0 Å². The molecule has 0 unspecified atom stereocenters. The van der Waals surface area contributed by atoms with Crippen LogP contribution in [0.3, 0.4) is 0 Å². The molecule has 0 N–H and O–H groups in total. The number of aromatic nitrogens is 1. The van der Waals surface area contributed by atoms with Crippen LogP contribution in [0.15, 0.2) is 48.5 Å². The van der Waals surface area contributed by atoms with Gasteiger partial charge in [-0.15, -0.1) is 0 Å². The van der Waals surface area contributed by atoms with Gasteiger partial charge < -0.3 is 4.57 Å². The first-order valence-electron chi connectivity index (χ1n) is 6.43. The van der Waals surface area contributed by atoms with E-state index in [4.69, 9.17) is 0 Å². The minimum absolute atomic E-state index is 0.0420. The van der Waals surface area contributed by atoms with E-state index in [9.17, 15) is 14.9 Å². The molecule has 0 radical (unpaired) electrons. The lowest BCUT2D eigenvalue weighted by Gasteiger charge is -2.11. The summed E-state index contributed by atoms with van der Waals surface area (Å²) in [6.45, 7) is 1.80. The van der Waals surface area contributed by atoms with Crippen molar-refractivity contribution in [3.05, 3.63) is 69.9 Å². The molecule has 1 aromatic heterocycles. The second-order valence-corrected chi connectivity index (χ2v) is 4.81. The lowest BCUT2D eigenvalue weighted by molar-refractivity contribution is -0.384. The average molecular weight is 280 g/mol. The molecular formula is C16H12N2O3. The Labute approximate surface area is 120 Å². The van der Waals surface area contributed by atoms with Crippen molar-refractivity contribution in [1.82, 2.24) is 4.57 Å². The van der Waals surface area contributed by atoms with Crippen molar-refractivity contribution in [3.8, 4) is 5.69 Å². The lowest BCUT2D eigenvalue weighted by atomic mass is 10.1. The number of carbonyl (C=O) groups is 1. The molecule has 1 heterocycles. The molecule has 3 rings (SSSR count). The van der Waals surface area contributed by atoms with Crippen LogP contribution < -0.4 is 0 Å². The van der Waals surface area contributed by atoms with Gasteiger partial charge in [0.05, 0.1) is 16.1 Å². The molecule has 0 atom stereocenters. The first kappa shape index (κ1) is 13.1. The Hall–Kier alpha value is -2.95. The van der Waals surface area contributed by atoms with Crippen LogP contribution in [-0.4, -0.2) is 15.8 Å². The monoisotopic (exact) mass is 280 g/mol. The average Bonchev–Trinajstić information content (AvgIpc) is 2.85. The Bertz CT molecular complexity index is 865. The van der Waals surface area contributed by atoms with E-state index in [0.29, 0.717) is 5.69 Å². The van der Waals surface area contributed by atoms with Crippen LogP contribution in [0.4, 0.5) is 5.69 Å². The fourth-order valence-corrected chi connectivity index (χ4v) is 2.54. The normalized spacial score (nSPS) is 10.7. The van der Waals surface area contributed by atoms with Gasteiger partial charge in [-0.05, 0) is 30.7 Å². The van der Waals surface area contributed by atoms with Crippen LogP contribution >= 0.6 is 0 Å². The third kappa shape index (κ3) is 2.08. The quantitative estimate of drug-likeness (QED) is 0.418. The first-order valence-corrected chi connectivity index (χ1v) is 6.43. The zero-order valence-corrected chi connectivity index (χ0v) is 11.3. The molecule has 0 amide bonds. The molecule has 0 saturated carbocycles.